The summed E-state index contributed by atoms with van der Waals surface area (Å²) < 4.78 is 1.78. The van der Waals surface area contributed by atoms with Gasteiger partial charge in [-0.2, -0.15) is 5.10 Å². The molecule has 6 heteroatoms. The maximum atomic E-state index is 12.9. The fourth-order valence-electron chi connectivity index (χ4n) is 3.05. The molecule has 1 aliphatic heterocycles. The molecule has 1 unspecified atom stereocenters. The fraction of sp³-hybridized carbons (Fsp3) is 0.667. The molecule has 3 rings (SSSR count). The Morgan fingerprint density at radius 3 is 2.57 bits per heavy atom. The van der Waals surface area contributed by atoms with Crippen molar-refractivity contribution in [1.82, 2.24) is 20.0 Å². The Hall–Kier alpha value is -1.85. The van der Waals surface area contributed by atoms with Crippen molar-refractivity contribution in [3.05, 3.63) is 18.5 Å². The molecular formula is C15H22N4O2. The molecule has 1 N–H and O–H groups in total. The van der Waals surface area contributed by atoms with Gasteiger partial charge in [0.1, 0.15) is 11.1 Å². The number of rotatable bonds is 4. The molecule has 1 atom stereocenters. The lowest BCUT2D eigenvalue weighted by atomic mass is 9.85. The Morgan fingerprint density at radius 2 is 2.00 bits per heavy atom. The number of carbonyl (C=O) groups is 2. The zero-order valence-electron chi connectivity index (χ0n) is 12.8. The van der Waals surface area contributed by atoms with E-state index >= 15 is 0 Å². The van der Waals surface area contributed by atoms with Crippen LogP contribution in [0, 0.1) is 5.92 Å². The van der Waals surface area contributed by atoms with Gasteiger partial charge in [-0.25, -0.2) is 0 Å². The summed E-state index contributed by atoms with van der Waals surface area (Å²) in [5.41, 5.74) is -1.56. The highest BCUT2D eigenvalue weighted by atomic mass is 16.2. The number of nitrogens with zero attached hydrogens (tertiary/aromatic N) is 3. The van der Waals surface area contributed by atoms with Crippen LogP contribution in [0.1, 0.15) is 33.6 Å². The summed E-state index contributed by atoms with van der Waals surface area (Å²) in [7, 11) is 0. The molecule has 1 saturated heterocycles. The molecule has 2 aliphatic rings. The molecule has 21 heavy (non-hydrogen) atoms. The molecule has 1 aliphatic carbocycles. The molecule has 0 spiro atoms. The largest absolute Gasteiger partial charge is 0.340 e. The highest BCUT2D eigenvalue weighted by Gasteiger charge is 2.57. The van der Waals surface area contributed by atoms with Gasteiger partial charge < -0.3 is 10.2 Å². The van der Waals surface area contributed by atoms with Crippen molar-refractivity contribution in [2.45, 2.75) is 51.2 Å². The number of amides is 2. The first-order chi connectivity index (χ1) is 9.85. The van der Waals surface area contributed by atoms with Gasteiger partial charge in [-0.1, -0.05) is 0 Å². The lowest BCUT2D eigenvalue weighted by molar-refractivity contribution is -0.161. The van der Waals surface area contributed by atoms with Crippen LogP contribution in [0.3, 0.4) is 0 Å². The van der Waals surface area contributed by atoms with E-state index in [-0.39, 0.29) is 17.7 Å². The van der Waals surface area contributed by atoms with Crippen molar-refractivity contribution in [2.75, 3.05) is 6.54 Å². The molecule has 1 aromatic rings. The number of carbonyl (C=O) groups excluding carboxylic acids is 2. The van der Waals surface area contributed by atoms with E-state index in [0.717, 1.165) is 12.8 Å². The Kier molecular flexibility index (Phi) is 3.07. The predicted octanol–water partition coefficient (Wildman–Crippen LogP) is 0.789. The Morgan fingerprint density at radius 1 is 1.29 bits per heavy atom. The molecule has 0 radical (unpaired) electrons. The van der Waals surface area contributed by atoms with E-state index < -0.39 is 11.1 Å². The van der Waals surface area contributed by atoms with Crippen LogP contribution >= 0.6 is 0 Å². The number of hydrogen-bond acceptors (Lipinski definition) is 3. The molecule has 1 aromatic heterocycles. The van der Waals surface area contributed by atoms with Gasteiger partial charge in [0.15, 0.2) is 0 Å². The molecular weight excluding hydrogens is 268 g/mol. The molecule has 2 heterocycles. The second-order valence-corrected chi connectivity index (χ2v) is 6.72. The minimum Gasteiger partial charge on any atom is -0.340 e. The second kappa shape index (κ2) is 4.58. The maximum absolute atomic E-state index is 12.9. The van der Waals surface area contributed by atoms with E-state index in [0.29, 0.717) is 13.1 Å². The number of nitrogens with one attached hydrogen (secondary N) is 1. The first-order valence-corrected chi connectivity index (χ1v) is 7.48. The van der Waals surface area contributed by atoms with Crippen LogP contribution in [0.15, 0.2) is 18.5 Å². The van der Waals surface area contributed by atoms with Crippen molar-refractivity contribution in [3.8, 4) is 0 Å². The van der Waals surface area contributed by atoms with Gasteiger partial charge in [0.2, 0.25) is 11.8 Å². The van der Waals surface area contributed by atoms with Gasteiger partial charge in [0, 0.05) is 18.9 Å². The van der Waals surface area contributed by atoms with Crippen molar-refractivity contribution in [2.24, 2.45) is 5.92 Å². The van der Waals surface area contributed by atoms with Gasteiger partial charge >= 0.3 is 0 Å². The standard InChI is InChI=1S/C15H22N4O2/c1-14(2)12(20)17-15(3,11-5-6-11)13(21)19(14)10-9-18-8-4-7-16-18/h4,7-8,11H,5-6,9-10H2,1-3H3,(H,17,20). The summed E-state index contributed by atoms with van der Waals surface area (Å²) in [5, 5.41) is 7.12. The Labute approximate surface area is 124 Å². The quantitative estimate of drug-likeness (QED) is 0.891. The van der Waals surface area contributed by atoms with Gasteiger partial charge in [0.25, 0.3) is 0 Å². The normalized spacial score (nSPS) is 28.6. The smallest absolute Gasteiger partial charge is 0.249 e. The summed E-state index contributed by atoms with van der Waals surface area (Å²) in [5.74, 6) is 0.232. The first-order valence-electron chi connectivity index (χ1n) is 7.48. The van der Waals surface area contributed by atoms with E-state index in [4.69, 9.17) is 0 Å². The van der Waals surface area contributed by atoms with Gasteiger partial charge in [-0.05, 0) is 45.6 Å². The van der Waals surface area contributed by atoms with E-state index in [1.165, 1.54) is 0 Å². The zero-order chi connectivity index (χ0) is 15.3. The van der Waals surface area contributed by atoms with Crippen LogP contribution in [0.5, 0.6) is 0 Å². The topological polar surface area (TPSA) is 67.2 Å². The van der Waals surface area contributed by atoms with Crippen LogP contribution < -0.4 is 5.32 Å². The minimum atomic E-state index is -0.821. The highest BCUT2D eigenvalue weighted by Crippen LogP contribution is 2.43. The summed E-state index contributed by atoms with van der Waals surface area (Å²) in [6.45, 7) is 6.55. The predicted molar refractivity (Wildman–Crippen MR) is 77.3 cm³/mol. The Bertz CT molecular complexity index is 562. The number of piperazine rings is 1. The summed E-state index contributed by atoms with van der Waals surface area (Å²) >= 11 is 0. The highest BCUT2D eigenvalue weighted by molar-refractivity contribution is 6.02. The van der Waals surface area contributed by atoms with Crippen molar-refractivity contribution in [1.29, 1.82) is 0 Å². The molecule has 6 nitrogen and oxygen atoms in total. The molecule has 0 bridgehead atoms. The minimum absolute atomic E-state index is 0.0294. The third kappa shape index (κ3) is 2.22. The van der Waals surface area contributed by atoms with Gasteiger partial charge in [-0.15, -0.1) is 0 Å². The van der Waals surface area contributed by atoms with Crippen LogP contribution in [0.2, 0.25) is 0 Å². The number of aromatic nitrogens is 2. The lowest BCUT2D eigenvalue weighted by Gasteiger charge is -2.49. The summed E-state index contributed by atoms with van der Waals surface area (Å²) in [6, 6.07) is 1.85. The first kappa shape index (κ1) is 14.1. The fourth-order valence-corrected chi connectivity index (χ4v) is 3.05. The zero-order valence-corrected chi connectivity index (χ0v) is 12.8. The molecule has 2 amide bonds. The average molecular weight is 290 g/mol. The van der Waals surface area contributed by atoms with Crippen molar-refractivity contribution < 1.29 is 9.59 Å². The lowest BCUT2D eigenvalue weighted by Crippen LogP contribution is -2.74. The number of hydrogen-bond donors (Lipinski definition) is 1. The Balaban J connectivity index is 1.83. The van der Waals surface area contributed by atoms with Crippen LogP contribution in [0.25, 0.3) is 0 Å². The van der Waals surface area contributed by atoms with Gasteiger partial charge in [0.05, 0.1) is 6.54 Å². The van der Waals surface area contributed by atoms with Crippen molar-refractivity contribution >= 4 is 11.8 Å². The van der Waals surface area contributed by atoms with Crippen molar-refractivity contribution in [3.63, 3.8) is 0 Å². The van der Waals surface area contributed by atoms with E-state index in [1.807, 2.05) is 19.2 Å². The van der Waals surface area contributed by atoms with E-state index in [9.17, 15) is 9.59 Å². The molecule has 2 fully saturated rings. The summed E-state index contributed by atoms with van der Waals surface area (Å²) in [6.07, 6.45) is 5.59. The summed E-state index contributed by atoms with van der Waals surface area (Å²) in [4.78, 5) is 27.1. The molecule has 114 valence electrons. The van der Waals surface area contributed by atoms with Gasteiger partial charge in [-0.3, -0.25) is 14.3 Å². The van der Waals surface area contributed by atoms with Crippen LogP contribution in [-0.4, -0.2) is 44.1 Å². The third-order valence-corrected chi connectivity index (χ3v) is 4.80. The maximum Gasteiger partial charge on any atom is 0.249 e. The average Bonchev–Trinajstić information content (AvgIpc) is 3.16. The van der Waals surface area contributed by atoms with Crippen LogP contribution in [0.4, 0.5) is 0 Å². The SMILES string of the molecule is CC1(C2CC2)NC(=O)C(C)(C)N(CCn2cccn2)C1=O. The van der Waals surface area contributed by atoms with E-state index in [1.54, 1.807) is 29.6 Å². The van der Waals surface area contributed by atoms with E-state index in [2.05, 4.69) is 10.4 Å². The molecule has 1 saturated carbocycles. The third-order valence-electron chi connectivity index (χ3n) is 4.80. The molecule has 0 aromatic carbocycles. The van der Waals surface area contributed by atoms with Crippen LogP contribution in [-0.2, 0) is 16.1 Å². The monoisotopic (exact) mass is 290 g/mol. The second-order valence-electron chi connectivity index (χ2n) is 6.72.